The maximum Gasteiger partial charge on any atom is 0.123 e. The van der Waals surface area contributed by atoms with E-state index >= 15 is 0 Å². The first-order valence-corrected chi connectivity index (χ1v) is 3.27. The molecule has 0 heterocycles. The van der Waals surface area contributed by atoms with Crippen molar-refractivity contribution in [1.82, 2.24) is 0 Å². The molecule has 1 aromatic carbocycles. The van der Waals surface area contributed by atoms with Crippen molar-refractivity contribution in [2.24, 2.45) is 5.73 Å². The van der Waals surface area contributed by atoms with Crippen LogP contribution in [-0.2, 0) is 30.5 Å². The van der Waals surface area contributed by atoms with Gasteiger partial charge in [0.25, 0.3) is 0 Å². The molecule has 0 aliphatic rings. The standard InChI is InChI=1S/C8H10FN.O.V/c9-8-3-1-7(2-4-8)5-6-10;;/h1-4H,5-6,10H2;;/q;-2;. The molecule has 0 saturated heterocycles. The molecule has 67 valence electrons. The number of benzene rings is 1. The monoisotopic (exact) mass is 206 g/mol. The SMILES string of the molecule is NCCc1ccc(F)cc1.[O-2].[V]. The average Bonchev–Trinajstić information content (AvgIpc) is 1.95. The fourth-order valence-corrected chi connectivity index (χ4v) is 0.818. The van der Waals surface area contributed by atoms with Crippen LogP contribution in [0.5, 0.6) is 0 Å². The van der Waals surface area contributed by atoms with Gasteiger partial charge in [-0.2, -0.15) is 0 Å². The van der Waals surface area contributed by atoms with Crippen molar-refractivity contribution in [3.05, 3.63) is 35.6 Å². The van der Waals surface area contributed by atoms with E-state index in [1.807, 2.05) is 0 Å². The van der Waals surface area contributed by atoms with Crippen LogP contribution in [0, 0.1) is 5.82 Å². The van der Waals surface area contributed by atoms with Gasteiger partial charge in [0.1, 0.15) is 5.82 Å². The van der Waals surface area contributed by atoms with E-state index < -0.39 is 0 Å². The van der Waals surface area contributed by atoms with Crippen molar-refractivity contribution in [2.75, 3.05) is 6.54 Å². The van der Waals surface area contributed by atoms with E-state index in [4.69, 9.17) is 5.73 Å². The number of rotatable bonds is 2. The first kappa shape index (κ1) is 14.2. The molecular formula is C8H10FNOV-2. The molecular weight excluding hydrogens is 196 g/mol. The molecule has 1 aromatic rings. The molecule has 0 amide bonds. The Labute approximate surface area is 83.2 Å². The normalized spacial score (nSPS) is 8.17. The zero-order valence-electron chi connectivity index (χ0n) is 6.53. The Morgan fingerprint density at radius 1 is 1.17 bits per heavy atom. The fraction of sp³-hybridized carbons (Fsp3) is 0.250. The van der Waals surface area contributed by atoms with Crippen LogP contribution in [0.1, 0.15) is 5.56 Å². The maximum absolute atomic E-state index is 12.3. The molecule has 4 heteroatoms. The number of hydrogen-bond acceptors (Lipinski definition) is 1. The first-order chi connectivity index (χ1) is 4.83. The van der Waals surface area contributed by atoms with Gasteiger partial charge >= 0.3 is 0 Å². The summed E-state index contributed by atoms with van der Waals surface area (Å²) in [4.78, 5) is 0. The molecule has 0 fully saturated rings. The van der Waals surface area contributed by atoms with Gasteiger partial charge in [0.05, 0.1) is 0 Å². The van der Waals surface area contributed by atoms with Gasteiger partial charge in [0, 0.05) is 18.6 Å². The summed E-state index contributed by atoms with van der Waals surface area (Å²) in [6.45, 7) is 0.617. The summed E-state index contributed by atoms with van der Waals surface area (Å²) < 4.78 is 12.3. The third kappa shape index (κ3) is 4.52. The number of halogens is 1. The third-order valence-electron chi connectivity index (χ3n) is 1.35. The van der Waals surface area contributed by atoms with E-state index in [0.29, 0.717) is 6.54 Å². The predicted octanol–water partition coefficient (Wildman–Crippen LogP) is 1.21. The summed E-state index contributed by atoms with van der Waals surface area (Å²) in [7, 11) is 0. The van der Waals surface area contributed by atoms with Crippen molar-refractivity contribution in [2.45, 2.75) is 6.42 Å². The second-order valence-corrected chi connectivity index (χ2v) is 2.17. The first-order valence-electron chi connectivity index (χ1n) is 3.27. The summed E-state index contributed by atoms with van der Waals surface area (Å²) in [5.74, 6) is -0.194. The van der Waals surface area contributed by atoms with E-state index in [0.717, 1.165) is 12.0 Å². The predicted molar refractivity (Wildman–Crippen MR) is 39.8 cm³/mol. The zero-order chi connectivity index (χ0) is 7.40. The number of hydrogen-bond donors (Lipinski definition) is 1. The summed E-state index contributed by atoms with van der Waals surface area (Å²) in [6, 6.07) is 6.40. The van der Waals surface area contributed by atoms with Crippen LogP contribution in [0.4, 0.5) is 4.39 Å². The van der Waals surface area contributed by atoms with Crippen LogP contribution in [0.15, 0.2) is 24.3 Å². The molecule has 2 nitrogen and oxygen atoms in total. The topological polar surface area (TPSA) is 54.5 Å². The van der Waals surface area contributed by atoms with Gasteiger partial charge < -0.3 is 11.2 Å². The Hall–Kier alpha value is -0.346. The van der Waals surface area contributed by atoms with Crippen molar-refractivity contribution < 1.29 is 28.4 Å². The Morgan fingerprint density at radius 2 is 1.67 bits per heavy atom. The molecule has 12 heavy (non-hydrogen) atoms. The smallest absolute Gasteiger partial charge is 0.123 e. The largest absolute Gasteiger partial charge is 2.00 e. The minimum atomic E-state index is -0.194. The molecule has 0 aliphatic carbocycles. The van der Waals surface area contributed by atoms with Crippen LogP contribution in [0.25, 0.3) is 0 Å². The summed E-state index contributed by atoms with van der Waals surface area (Å²) in [5.41, 5.74) is 6.39. The molecule has 0 aliphatic heterocycles. The molecule has 0 saturated carbocycles. The zero-order valence-corrected chi connectivity index (χ0v) is 7.93. The Bertz CT molecular complexity index is 203. The molecule has 1 rings (SSSR count). The molecule has 0 bridgehead atoms. The Morgan fingerprint density at radius 3 is 2.08 bits per heavy atom. The Balaban J connectivity index is 0. The number of nitrogens with two attached hydrogens (primary N) is 1. The van der Waals surface area contributed by atoms with Crippen molar-refractivity contribution in [1.29, 1.82) is 0 Å². The van der Waals surface area contributed by atoms with Gasteiger partial charge in [0.2, 0.25) is 0 Å². The summed E-state index contributed by atoms with van der Waals surface area (Å²) in [6.07, 6.45) is 0.820. The summed E-state index contributed by atoms with van der Waals surface area (Å²) >= 11 is 0. The second-order valence-electron chi connectivity index (χ2n) is 2.17. The quantitative estimate of drug-likeness (QED) is 0.776. The van der Waals surface area contributed by atoms with E-state index in [-0.39, 0.29) is 29.8 Å². The Kier molecular flexibility index (Phi) is 8.65. The third-order valence-corrected chi connectivity index (χ3v) is 1.35. The van der Waals surface area contributed by atoms with Gasteiger partial charge in [-0.1, -0.05) is 12.1 Å². The van der Waals surface area contributed by atoms with Crippen LogP contribution in [0.2, 0.25) is 0 Å². The maximum atomic E-state index is 12.3. The van der Waals surface area contributed by atoms with E-state index in [2.05, 4.69) is 0 Å². The van der Waals surface area contributed by atoms with E-state index in [1.54, 1.807) is 12.1 Å². The molecule has 0 atom stereocenters. The van der Waals surface area contributed by atoms with E-state index in [9.17, 15) is 4.39 Å². The molecule has 1 radical (unpaired) electrons. The minimum absolute atomic E-state index is 0. The van der Waals surface area contributed by atoms with Crippen LogP contribution >= 0.6 is 0 Å². The molecule has 0 unspecified atom stereocenters. The fourth-order valence-electron chi connectivity index (χ4n) is 0.818. The van der Waals surface area contributed by atoms with Crippen LogP contribution in [-0.4, -0.2) is 6.54 Å². The van der Waals surface area contributed by atoms with Crippen LogP contribution < -0.4 is 5.73 Å². The van der Waals surface area contributed by atoms with E-state index in [1.165, 1.54) is 12.1 Å². The van der Waals surface area contributed by atoms with Crippen molar-refractivity contribution in [3.8, 4) is 0 Å². The van der Waals surface area contributed by atoms with Gasteiger partial charge in [0.15, 0.2) is 0 Å². The summed E-state index contributed by atoms with van der Waals surface area (Å²) in [5, 5.41) is 0. The minimum Gasteiger partial charge on any atom is -2.00 e. The van der Waals surface area contributed by atoms with Gasteiger partial charge in [-0.3, -0.25) is 0 Å². The molecule has 2 N–H and O–H groups in total. The van der Waals surface area contributed by atoms with Crippen LogP contribution in [0.3, 0.4) is 0 Å². The second kappa shape index (κ2) is 7.31. The van der Waals surface area contributed by atoms with Crippen molar-refractivity contribution >= 4 is 0 Å². The van der Waals surface area contributed by atoms with Crippen molar-refractivity contribution in [3.63, 3.8) is 0 Å². The van der Waals surface area contributed by atoms with Gasteiger partial charge in [-0.15, -0.1) is 0 Å². The molecule has 0 aromatic heterocycles. The molecule has 0 spiro atoms. The average molecular weight is 206 g/mol. The van der Waals surface area contributed by atoms with Gasteiger partial charge in [-0.05, 0) is 30.7 Å². The van der Waals surface area contributed by atoms with Gasteiger partial charge in [-0.25, -0.2) is 4.39 Å².